The lowest BCUT2D eigenvalue weighted by Gasteiger charge is -2.37. The van der Waals surface area contributed by atoms with Gasteiger partial charge in [0.15, 0.2) is 6.29 Å². The summed E-state index contributed by atoms with van der Waals surface area (Å²) in [6.07, 6.45) is 3.85. The standard InChI is InChI=1S/C29H37NO6/c1-5-20-10-12-21(13-11-20)19-35-16-8-6-7-9-17-36-22-14-15-23-24(18-22)27(32)30(26(23)31)25(28(33)34)29(2,3)4/h5,10-15,18,25,28,33-34H,1,6-9,16-17,19H2,2-4H3/t25-/m1/s1. The molecule has 3 rings (SSSR count). The van der Waals surface area contributed by atoms with Gasteiger partial charge in [-0.1, -0.05) is 64.1 Å². The van der Waals surface area contributed by atoms with E-state index in [4.69, 9.17) is 9.47 Å². The number of amides is 2. The highest BCUT2D eigenvalue weighted by Gasteiger charge is 2.47. The fraction of sp³-hybridized carbons (Fsp3) is 0.448. The van der Waals surface area contributed by atoms with Crippen molar-refractivity contribution in [2.24, 2.45) is 5.41 Å². The molecular weight excluding hydrogens is 458 g/mol. The number of carbonyl (C=O) groups is 2. The van der Waals surface area contributed by atoms with Crippen LogP contribution in [0.3, 0.4) is 0 Å². The van der Waals surface area contributed by atoms with Crippen molar-refractivity contribution in [2.45, 2.75) is 65.4 Å². The van der Waals surface area contributed by atoms with Crippen molar-refractivity contribution in [2.75, 3.05) is 13.2 Å². The maximum absolute atomic E-state index is 13.0. The van der Waals surface area contributed by atoms with Gasteiger partial charge in [-0.15, -0.1) is 0 Å². The summed E-state index contributed by atoms with van der Waals surface area (Å²) >= 11 is 0. The number of ether oxygens (including phenoxy) is 2. The van der Waals surface area contributed by atoms with Crippen LogP contribution in [0.25, 0.3) is 6.08 Å². The molecule has 194 valence electrons. The van der Waals surface area contributed by atoms with Crippen molar-refractivity contribution < 1.29 is 29.3 Å². The van der Waals surface area contributed by atoms with Crippen LogP contribution >= 0.6 is 0 Å². The zero-order chi connectivity index (χ0) is 26.3. The van der Waals surface area contributed by atoms with Gasteiger partial charge in [-0.25, -0.2) is 0 Å². The number of rotatable bonds is 13. The molecule has 1 aliphatic heterocycles. The Bertz CT molecular complexity index is 1050. The molecule has 7 nitrogen and oxygen atoms in total. The van der Waals surface area contributed by atoms with Crippen LogP contribution in [0, 0.1) is 5.41 Å². The summed E-state index contributed by atoms with van der Waals surface area (Å²) in [5, 5.41) is 19.7. The molecule has 0 bridgehead atoms. The number of hydrogen-bond acceptors (Lipinski definition) is 6. The highest BCUT2D eigenvalue weighted by atomic mass is 16.5. The number of aliphatic hydroxyl groups is 2. The van der Waals surface area contributed by atoms with E-state index in [-0.39, 0.29) is 11.1 Å². The zero-order valence-electron chi connectivity index (χ0n) is 21.4. The van der Waals surface area contributed by atoms with Gasteiger partial charge in [0.1, 0.15) is 5.75 Å². The van der Waals surface area contributed by atoms with Crippen LogP contribution in [-0.2, 0) is 11.3 Å². The van der Waals surface area contributed by atoms with E-state index in [0.717, 1.165) is 41.7 Å². The topological polar surface area (TPSA) is 96.3 Å². The zero-order valence-corrected chi connectivity index (χ0v) is 21.4. The molecule has 7 heteroatoms. The van der Waals surface area contributed by atoms with Crippen LogP contribution in [-0.4, -0.2) is 52.5 Å². The molecule has 2 amide bonds. The summed E-state index contributed by atoms with van der Waals surface area (Å²) < 4.78 is 11.6. The summed E-state index contributed by atoms with van der Waals surface area (Å²) in [5.74, 6) is -0.546. The predicted octanol–water partition coefficient (Wildman–Crippen LogP) is 4.81. The number of imide groups is 1. The van der Waals surface area contributed by atoms with E-state index in [1.807, 2.05) is 30.3 Å². The molecule has 0 aliphatic carbocycles. The molecule has 1 heterocycles. The smallest absolute Gasteiger partial charge is 0.262 e. The molecule has 2 aromatic rings. The van der Waals surface area contributed by atoms with E-state index < -0.39 is 29.6 Å². The third-order valence-corrected chi connectivity index (χ3v) is 6.27. The van der Waals surface area contributed by atoms with E-state index in [1.165, 1.54) is 0 Å². The van der Waals surface area contributed by atoms with Crippen molar-refractivity contribution in [1.29, 1.82) is 0 Å². The summed E-state index contributed by atoms with van der Waals surface area (Å²) in [7, 11) is 0. The first-order valence-corrected chi connectivity index (χ1v) is 12.4. The molecular formula is C29H37NO6. The molecule has 0 radical (unpaired) electrons. The van der Waals surface area contributed by atoms with Crippen LogP contribution in [0.1, 0.15) is 78.3 Å². The van der Waals surface area contributed by atoms with Crippen LogP contribution in [0.2, 0.25) is 0 Å². The number of hydrogen-bond donors (Lipinski definition) is 2. The van der Waals surface area contributed by atoms with Gasteiger partial charge < -0.3 is 19.7 Å². The monoisotopic (exact) mass is 495 g/mol. The van der Waals surface area contributed by atoms with Gasteiger partial charge in [0, 0.05) is 6.61 Å². The first kappa shape index (κ1) is 27.6. The van der Waals surface area contributed by atoms with Gasteiger partial charge in [0.05, 0.1) is 30.4 Å². The Hall–Kier alpha value is -3.00. The number of carbonyl (C=O) groups excluding carboxylic acids is 2. The fourth-order valence-corrected chi connectivity index (χ4v) is 4.34. The molecule has 1 atom stereocenters. The molecule has 2 N–H and O–H groups in total. The van der Waals surface area contributed by atoms with Crippen molar-refractivity contribution >= 4 is 17.9 Å². The van der Waals surface area contributed by atoms with Gasteiger partial charge in [-0.2, -0.15) is 0 Å². The Balaban J connectivity index is 1.39. The van der Waals surface area contributed by atoms with Crippen LogP contribution in [0.5, 0.6) is 5.75 Å². The summed E-state index contributed by atoms with van der Waals surface area (Å²) in [4.78, 5) is 26.8. The molecule has 0 unspecified atom stereocenters. The van der Waals surface area contributed by atoms with E-state index in [1.54, 1.807) is 39.0 Å². The maximum Gasteiger partial charge on any atom is 0.262 e. The fourth-order valence-electron chi connectivity index (χ4n) is 4.34. The Morgan fingerprint density at radius 3 is 2.17 bits per heavy atom. The van der Waals surface area contributed by atoms with Gasteiger partial charge in [0.2, 0.25) is 0 Å². The third-order valence-electron chi connectivity index (χ3n) is 6.27. The average Bonchev–Trinajstić information content (AvgIpc) is 3.07. The lowest BCUT2D eigenvalue weighted by Crippen LogP contribution is -2.53. The second-order valence-electron chi connectivity index (χ2n) is 10.2. The molecule has 0 fully saturated rings. The highest BCUT2D eigenvalue weighted by Crippen LogP contribution is 2.35. The van der Waals surface area contributed by atoms with Gasteiger partial charge in [-0.3, -0.25) is 14.5 Å². The third kappa shape index (κ3) is 6.81. The highest BCUT2D eigenvalue weighted by molar-refractivity contribution is 6.21. The Kier molecular flexibility index (Phi) is 9.43. The number of nitrogens with zero attached hydrogens (tertiary/aromatic N) is 1. The lowest BCUT2D eigenvalue weighted by molar-refractivity contribution is -0.114. The molecule has 0 aromatic heterocycles. The van der Waals surface area contributed by atoms with Crippen molar-refractivity contribution in [1.82, 2.24) is 4.90 Å². The average molecular weight is 496 g/mol. The number of fused-ring (bicyclic) bond motifs is 1. The van der Waals surface area contributed by atoms with Crippen LogP contribution in [0.4, 0.5) is 0 Å². The van der Waals surface area contributed by atoms with E-state index in [0.29, 0.717) is 25.6 Å². The normalized spacial score (nSPS) is 14.3. The molecule has 0 saturated carbocycles. The number of unbranched alkanes of at least 4 members (excludes halogenated alkanes) is 3. The first-order chi connectivity index (χ1) is 17.1. The second kappa shape index (κ2) is 12.3. The van der Waals surface area contributed by atoms with E-state index in [9.17, 15) is 19.8 Å². The minimum absolute atomic E-state index is 0.226. The van der Waals surface area contributed by atoms with Gasteiger partial charge in [-0.05, 0) is 54.0 Å². The number of benzene rings is 2. The van der Waals surface area contributed by atoms with Crippen molar-refractivity contribution in [3.8, 4) is 5.75 Å². The Labute approximate surface area is 213 Å². The summed E-state index contributed by atoms with van der Waals surface area (Å²) in [6, 6.07) is 11.9. The van der Waals surface area contributed by atoms with Crippen LogP contribution < -0.4 is 4.74 Å². The quantitative estimate of drug-likeness (QED) is 0.235. The Morgan fingerprint density at radius 2 is 1.56 bits per heavy atom. The van der Waals surface area contributed by atoms with E-state index in [2.05, 4.69) is 6.58 Å². The minimum atomic E-state index is -1.84. The van der Waals surface area contributed by atoms with Crippen molar-refractivity contribution in [3.63, 3.8) is 0 Å². The SMILES string of the molecule is C=Cc1ccc(COCCCCCCOc2ccc3c(c2)C(=O)N([C@H](C(O)O)C(C)(C)C)C3=O)cc1. The van der Waals surface area contributed by atoms with Crippen LogP contribution in [0.15, 0.2) is 49.0 Å². The number of aliphatic hydroxyl groups excluding tert-OH is 1. The first-order valence-electron chi connectivity index (χ1n) is 12.4. The molecule has 36 heavy (non-hydrogen) atoms. The second-order valence-corrected chi connectivity index (χ2v) is 10.2. The van der Waals surface area contributed by atoms with Gasteiger partial charge in [0.25, 0.3) is 11.8 Å². The lowest BCUT2D eigenvalue weighted by atomic mass is 9.85. The Morgan fingerprint density at radius 1 is 0.917 bits per heavy atom. The summed E-state index contributed by atoms with van der Waals surface area (Å²) in [6.45, 7) is 10.8. The molecule has 0 spiro atoms. The largest absolute Gasteiger partial charge is 0.494 e. The molecule has 0 saturated heterocycles. The molecule has 1 aliphatic rings. The van der Waals surface area contributed by atoms with Gasteiger partial charge >= 0.3 is 0 Å². The predicted molar refractivity (Wildman–Crippen MR) is 139 cm³/mol. The minimum Gasteiger partial charge on any atom is -0.494 e. The van der Waals surface area contributed by atoms with E-state index >= 15 is 0 Å². The molecule has 2 aromatic carbocycles. The maximum atomic E-state index is 13.0. The van der Waals surface area contributed by atoms with Crippen molar-refractivity contribution in [3.05, 3.63) is 71.3 Å². The summed E-state index contributed by atoms with van der Waals surface area (Å²) in [5.41, 5.74) is 2.01.